The number of nitrogens with zero attached hydrogens (tertiary/aromatic N) is 4. The molecule has 2 N–H and O–H groups in total. The molecular weight excluding hydrogens is 356 g/mol. The molecule has 0 radical (unpaired) electrons. The smallest absolute Gasteiger partial charge is 0.190 e. The van der Waals surface area contributed by atoms with Gasteiger partial charge in [-0.2, -0.15) is 0 Å². The molecule has 0 aliphatic heterocycles. The number of rotatable bonds is 10. The van der Waals surface area contributed by atoms with Crippen LogP contribution in [0.4, 0.5) is 0 Å². The molecule has 1 heterocycles. The monoisotopic (exact) mass is 392 g/mol. The van der Waals surface area contributed by atoms with Crippen molar-refractivity contribution in [3.05, 3.63) is 17.5 Å². The van der Waals surface area contributed by atoms with Crippen LogP contribution in [0.3, 0.4) is 0 Å². The van der Waals surface area contributed by atoms with Gasteiger partial charge < -0.3 is 15.2 Å². The molecule has 7 heteroatoms. The van der Waals surface area contributed by atoms with Gasteiger partial charge in [-0.3, -0.25) is 4.99 Å². The normalized spacial score (nSPS) is 15.1. The van der Waals surface area contributed by atoms with Crippen LogP contribution in [0.25, 0.3) is 0 Å². The van der Waals surface area contributed by atoms with Gasteiger partial charge in [0.1, 0.15) is 5.82 Å². The summed E-state index contributed by atoms with van der Waals surface area (Å²) < 4.78 is 2.26. The Kier molecular flexibility index (Phi) is 9.73. The Balaban J connectivity index is 1.70. The third-order valence-corrected chi connectivity index (χ3v) is 5.41. The first kappa shape index (κ1) is 21.8. The average molecular weight is 393 g/mol. The summed E-state index contributed by atoms with van der Waals surface area (Å²) in [6, 6.07) is 0. The van der Waals surface area contributed by atoms with Crippen LogP contribution in [0.2, 0.25) is 0 Å². The zero-order chi connectivity index (χ0) is 19.5. The van der Waals surface area contributed by atoms with E-state index in [2.05, 4.69) is 56.6 Å². The molecule has 6 nitrogen and oxygen atoms in total. The highest BCUT2D eigenvalue weighted by Crippen LogP contribution is 2.19. The quantitative estimate of drug-likeness (QED) is 0.209. The summed E-state index contributed by atoms with van der Waals surface area (Å²) in [4.78, 5) is 4.33. The van der Waals surface area contributed by atoms with Crippen LogP contribution in [0.15, 0.2) is 21.8 Å². The van der Waals surface area contributed by atoms with Crippen LogP contribution < -0.4 is 10.6 Å². The molecule has 152 valence electrons. The van der Waals surface area contributed by atoms with Crippen molar-refractivity contribution in [2.24, 2.45) is 10.9 Å². The highest BCUT2D eigenvalue weighted by Gasteiger charge is 2.12. The first-order chi connectivity index (χ1) is 13.1. The number of guanidine groups is 1. The van der Waals surface area contributed by atoms with Gasteiger partial charge in [0, 0.05) is 33.1 Å². The molecule has 1 aromatic rings. The summed E-state index contributed by atoms with van der Waals surface area (Å²) in [5.74, 6) is 2.56. The number of hydrogen-bond donors (Lipinski definition) is 2. The van der Waals surface area contributed by atoms with Crippen molar-refractivity contribution in [3.8, 4) is 0 Å². The van der Waals surface area contributed by atoms with Gasteiger partial charge in [-0.05, 0) is 50.7 Å². The van der Waals surface area contributed by atoms with E-state index in [-0.39, 0.29) is 0 Å². The van der Waals surface area contributed by atoms with Gasteiger partial charge >= 0.3 is 0 Å². The Hall–Kier alpha value is -1.50. The zero-order valence-corrected chi connectivity index (χ0v) is 18.2. The van der Waals surface area contributed by atoms with Crippen molar-refractivity contribution in [2.75, 3.05) is 26.4 Å². The molecule has 0 atom stereocenters. The number of hydrogen-bond acceptors (Lipinski definition) is 4. The third kappa shape index (κ3) is 7.56. The molecular formula is C20H36N6S. The fraction of sp³-hybridized carbons (Fsp3) is 0.750. The van der Waals surface area contributed by atoms with Crippen LogP contribution in [-0.4, -0.2) is 47.1 Å². The minimum atomic E-state index is 0.589. The summed E-state index contributed by atoms with van der Waals surface area (Å²) in [6.07, 6.45) is 12.7. The van der Waals surface area contributed by atoms with Crippen molar-refractivity contribution in [2.45, 2.75) is 70.5 Å². The second-order valence-electron chi connectivity index (χ2n) is 7.49. The van der Waals surface area contributed by atoms with E-state index in [0.29, 0.717) is 5.92 Å². The molecule has 0 amide bonds. The average Bonchev–Trinajstić information content (AvgIpc) is 3.05. The first-order valence-electron chi connectivity index (χ1n) is 10.2. The Morgan fingerprint density at radius 3 is 2.70 bits per heavy atom. The van der Waals surface area contributed by atoms with Crippen molar-refractivity contribution < 1.29 is 0 Å². The van der Waals surface area contributed by atoms with E-state index in [1.807, 2.05) is 7.05 Å². The van der Waals surface area contributed by atoms with E-state index in [0.717, 1.165) is 55.8 Å². The second kappa shape index (κ2) is 12.1. The van der Waals surface area contributed by atoms with Gasteiger partial charge in [0.05, 0.1) is 0 Å². The second-order valence-corrected chi connectivity index (χ2v) is 8.27. The van der Waals surface area contributed by atoms with Gasteiger partial charge in [0.15, 0.2) is 11.1 Å². The zero-order valence-electron chi connectivity index (χ0n) is 17.4. The van der Waals surface area contributed by atoms with Gasteiger partial charge in [0.25, 0.3) is 0 Å². The summed E-state index contributed by atoms with van der Waals surface area (Å²) in [5.41, 5.74) is 1.60. The molecule has 0 bridgehead atoms. The van der Waals surface area contributed by atoms with Crippen molar-refractivity contribution >= 4 is 17.7 Å². The van der Waals surface area contributed by atoms with Crippen molar-refractivity contribution in [1.29, 1.82) is 0 Å². The number of allylic oxidation sites excluding steroid dienone is 1. The minimum Gasteiger partial charge on any atom is -0.356 e. The molecule has 1 aliphatic carbocycles. The maximum Gasteiger partial charge on any atom is 0.190 e. The Labute approximate surface area is 168 Å². The van der Waals surface area contributed by atoms with E-state index in [9.17, 15) is 0 Å². The Morgan fingerprint density at radius 2 is 2.04 bits per heavy atom. The first-order valence-corrected chi connectivity index (χ1v) is 11.4. The number of aromatic nitrogens is 3. The van der Waals surface area contributed by atoms with Gasteiger partial charge in [0.2, 0.25) is 0 Å². The number of thioether (sulfide) groups is 1. The molecule has 0 aromatic carbocycles. The number of nitrogens with one attached hydrogen (secondary N) is 2. The molecule has 0 saturated heterocycles. The maximum atomic E-state index is 4.39. The predicted octanol–water partition coefficient (Wildman–Crippen LogP) is 3.64. The van der Waals surface area contributed by atoms with E-state index >= 15 is 0 Å². The summed E-state index contributed by atoms with van der Waals surface area (Å²) in [7, 11) is 1.83. The van der Waals surface area contributed by atoms with Crippen LogP contribution in [0.5, 0.6) is 0 Å². The fourth-order valence-electron chi connectivity index (χ4n) is 3.35. The van der Waals surface area contributed by atoms with E-state index in [4.69, 9.17) is 0 Å². The SMILES string of the molecule is CN=C(NCCCc1nnc(SC)n1CC(C)C)NCCC1=CCCCC1. The van der Waals surface area contributed by atoms with E-state index < -0.39 is 0 Å². The number of aliphatic imine (C=N–C) groups is 1. The van der Waals surface area contributed by atoms with Crippen LogP contribution >= 0.6 is 11.8 Å². The standard InChI is InChI=1S/C20H36N6S/c1-16(2)15-26-18(24-25-20(26)27-4)11-8-13-22-19(21-3)23-14-12-17-9-6-5-7-10-17/h9,16H,5-8,10-15H2,1-4H3,(H2,21,22,23). The molecule has 1 aromatic heterocycles. The lowest BCUT2D eigenvalue weighted by Crippen LogP contribution is -2.38. The van der Waals surface area contributed by atoms with Gasteiger partial charge in [-0.1, -0.05) is 37.3 Å². The van der Waals surface area contributed by atoms with E-state index in [1.165, 1.54) is 25.7 Å². The van der Waals surface area contributed by atoms with Crippen LogP contribution in [0, 0.1) is 5.92 Å². The van der Waals surface area contributed by atoms with Crippen LogP contribution in [0.1, 0.15) is 58.2 Å². The van der Waals surface area contributed by atoms with Gasteiger partial charge in [-0.25, -0.2) is 0 Å². The summed E-state index contributed by atoms with van der Waals surface area (Å²) in [5, 5.41) is 16.6. The molecule has 0 spiro atoms. The van der Waals surface area contributed by atoms with Crippen molar-refractivity contribution in [3.63, 3.8) is 0 Å². The molecule has 1 aliphatic rings. The Morgan fingerprint density at radius 1 is 1.22 bits per heavy atom. The van der Waals surface area contributed by atoms with E-state index in [1.54, 1.807) is 17.3 Å². The molecule has 27 heavy (non-hydrogen) atoms. The highest BCUT2D eigenvalue weighted by atomic mass is 32.2. The van der Waals surface area contributed by atoms with Crippen molar-refractivity contribution in [1.82, 2.24) is 25.4 Å². The molecule has 0 fully saturated rings. The topological polar surface area (TPSA) is 67.1 Å². The predicted molar refractivity (Wildman–Crippen MR) is 115 cm³/mol. The Bertz CT molecular complexity index is 620. The molecule has 2 rings (SSSR count). The lowest BCUT2D eigenvalue weighted by molar-refractivity contribution is 0.477. The summed E-state index contributed by atoms with van der Waals surface area (Å²) >= 11 is 1.67. The van der Waals surface area contributed by atoms with Gasteiger partial charge in [-0.15, -0.1) is 10.2 Å². The summed E-state index contributed by atoms with van der Waals surface area (Å²) in [6.45, 7) is 7.27. The molecule has 0 saturated carbocycles. The maximum absolute atomic E-state index is 4.39. The minimum absolute atomic E-state index is 0.589. The lowest BCUT2D eigenvalue weighted by Gasteiger charge is -2.15. The lowest BCUT2D eigenvalue weighted by atomic mass is 9.97. The number of aryl methyl sites for hydroxylation is 1. The van der Waals surface area contributed by atoms with Crippen LogP contribution in [-0.2, 0) is 13.0 Å². The molecule has 0 unspecified atom stereocenters. The highest BCUT2D eigenvalue weighted by molar-refractivity contribution is 7.98. The largest absolute Gasteiger partial charge is 0.356 e. The third-order valence-electron chi connectivity index (χ3n) is 4.74. The fourth-order valence-corrected chi connectivity index (χ4v) is 3.87.